The van der Waals surface area contributed by atoms with Crippen LogP contribution in [0.25, 0.3) is 32.9 Å². The molecule has 0 amide bonds. The van der Waals surface area contributed by atoms with Crippen LogP contribution in [0.5, 0.6) is 5.75 Å². The Hall–Kier alpha value is -2.87. The van der Waals surface area contributed by atoms with Gasteiger partial charge in [0.2, 0.25) is 0 Å². The van der Waals surface area contributed by atoms with E-state index in [9.17, 15) is 0 Å². The fourth-order valence-electron chi connectivity index (χ4n) is 4.74. The van der Waals surface area contributed by atoms with Gasteiger partial charge in [-0.1, -0.05) is 37.3 Å². The van der Waals surface area contributed by atoms with Crippen molar-refractivity contribution in [1.29, 1.82) is 0 Å². The minimum atomic E-state index is 0.557. The number of benzene rings is 3. The Bertz CT molecular complexity index is 1160. The molecule has 140 valence electrons. The molecule has 4 aromatic rings. The van der Waals surface area contributed by atoms with Crippen molar-refractivity contribution < 1.29 is 4.74 Å². The minimum absolute atomic E-state index is 0.557. The molecule has 0 N–H and O–H groups in total. The lowest BCUT2D eigenvalue weighted by Gasteiger charge is -2.27. The predicted molar refractivity (Wildman–Crippen MR) is 117 cm³/mol. The molecule has 1 heterocycles. The smallest absolute Gasteiger partial charge is 0.119 e. The zero-order chi connectivity index (χ0) is 19.1. The largest absolute Gasteiger partial charge is 0.494 e. The molecule has 0 saturated heterocycles. The van der Waals surface area contributed by atoms with Crippen LogP contribution in [0.4, 0.5) is 0 Å². The van der Waals surface area contributed by atoms with Crippen molar-refractivity contribution in [1.82, 2.24) is 4.98 Å². The van der Waals surface area contributed by atoms with Crippen LogP contribution in [0, 0.1) is 0 Å². The number of pyridine rings is 1. The van der Waals surface area contributed by atoms with E-state index in [0.717, 1.165) is 23.4 Å². The van der Waals surface area contributed by atoms with Crippen LogP contribution >= 0.6 is 0 Å². The molecule has 3 aromatic carbocycles. The zero-order valence-corrected chi connectivity index (χ0v) is 16.5. The normalized spacial score (nSPS) is 16.3. The maximum atomic E-state index is 5.62. The van der Waals surface area contributed by atoms with E-state index in [1.807, 2.05) is 6.92 Å². The maximum Gasteiger partial charge on any atom is 0.119 e. The van der Waals surface area contributed by atoms with Crippen molar-refractivity contribution in [3.63, 3.8) is 0 Å². The molecule has 0 aliphatic heterocycles. The van der Waals surface area contributed by atoms with Crippen molar-refractivity contribution >= 4 is 21.7 Å². The van der Waals surface area contributed by atoms with Crippen LogP contribution in [0.3, 0.4) is 0 Å². The predicted octanol–water partition coefficient (Wildman–Crippen LogP) is 6.89. The molecule has 1 aromatic heterocycles. The fraction of sp³-hybridized carbons (Fsp3) is 0.269. The van der Waals surface area contributed by atoms with E-state index >= 15 is 0 Å². The van der Waals surface area contributed by atoms with Crippen LogP contribution in [0.2, 0.25) is 0 Å². The number of fused-ring (bicyclic) bond motifs is 5. The Balaban J connectivity index is 1.80. The first kappa shape index (κ1) is 17.2. The highest BCUT2D eigenvalue weighted by atomic mass is 16.5. The van der Waals surface area contributed by atoms with Gasteiger partial charge in [-0.15, -0.1) is 0 Å². The van der Waals surface area contributed by atoms with Crippen molar-refractivity contribution in [2.75, 3.05) is 6.61 Å². The van der Waals surface area contributed by atoms with E-state index in [2.05, 4.69) is 67.6 Å². The van der Waals surface area contributed by atoms with E-state index in [1.54, 1.807) is 0 Å². The molecule has 28 heavy (non-hydrogen) atoms. The molecular weight excluding hydrogens is 342 g/mol. The van der Waals surface area contributed by atoms with Gasteiger partial charge in [0.15, 0.2) is 0 Å². The third-order valence-electron chi connectivity index (χ3n) is 6.02. The monoisotopic (exact) mass is 367 g/mol. The molecular formula is C26H25NO. The third kappa shape index (κ3) is 2.75. The van der Waals surface area contributed by atoms with Gasteiger partial charge in [0.25, 0.3) is 0 Å². The van der Waals surface area contributed by atoms with Gasteiger partial charge in [0, 0.05) is 10.9 Å². The van der Waals surface area contributed by atoms with Crippen LogP contribution in [-0.4, -0.2) is 11.6 Å². The van der Waals surface area contributed by atoms with E-state index in [1.165, 1.54) is 45.7 Å². The molecule has 1 aliphatic carbocycles. The number of nitrogens with zero attached hydrogens (tertiary/aromatic N) is 1. The quantitative estimate of drug-likeness (QED) is 0.368. The molecule has 2 heteroatoms. The van der Waals surface area contributed by atoms with E-state index in [0.29, 0.717) is 12.5 Å². The summed E-state index contributed by atoms with van der Waals surface area (Å²) in [7, 11) is 0. The number of aromatic nitrogens is 1. The average Bonchev–Trinajstić information content (AvgIpc) is 2.74. The molecule has 1 aliphatic rings. The molecule has 5 rings (SSSR count). The SMILES string of the molecule is CCOc1ccc(-c2nc3ccc4ccccc4c3c3c2CCC[C@H]3C)cc1. The molecule has 2 nitrogen and oxygen atoms in total. The first-order chi connectivity index (χ1) is 13.8. The van der Waals surface area contributed by atoms with Crippen molar-refractivity contribution in [2.24, 2.45) is 0 Å². The first-order valence-corrected chi connectivity index (χ1v) is 10.3. The van der Waals surface area contributed by atoms with Crippen molar-refractivity contribution in [2.45, 2.75) is 39.0 Å². The number of hydrogen-bond acceptors (Lipinski definition) is 2. The molecule has 0 saturated carbocycles. The Morgan fingerprint density at radius 2 is 1.82 bits per heavy atom. The van der Waals surface area contributed by atoms with Gasteiger partial charge in [-0.3, -0.25) is 0 Å². The van der Waals surface area contributed by atoms with Gasteiger partial charge in [-0.05, 0) is 84.3 Å². The molecule has 0 spiro atoms. The van der Waals surface area contributed by atoms with Gasteiger partial charge < -0.3 is 4.74 Å². The third-order valence-corrected chi connectivity index (χ3v) is 6.02. The summed E-state index contributed by atoms with van der Waals surface area (Å²) in [4.78, 5) is 5.18. The molecule has 0 fully saturated rings. The topological polar surface area (TPSA) is 22.1 Å². The lowest BCUT2D eigenvalue weighted by molar-refractivity contribution is 0.340. The first-order valence-electron chi connectivity index (χ1n) is 10.3. The summed E-state index contributed by atoms with van der Waals surface area (Å²) in [5, 5.41) is 3.98. The van der Waals surface area contributed by atoms with Crippen LogP contribution in [0.15, 0.2) is 60.7 Å². The van der Waals surface area contributed by atoms with E-state index in [-0.39, 0.29) is 0 Å². The summed E-state index contributed by atoms with van der Waals surface area (Å²) in [5.74, 6) is 1.47. The second kappa shape index (κ2) is 6.94. The standard InChI is InChI=1S/C26H25NO/c1-3-28-20-14-11-19(12-15-20)26-22-10-6-7-17(2)24(22)25-21-9-5-4-8-18(21)13-16-23(25)27-26/h4-5,8-9,11-17H,3,6-7,10H2,1-2H3/t17-/m1/s1. The highest BCUT2D eigenvalue weighted by Gasteiger charge is 2.25. The zero-order valence-electron chi connectivity index (χ0n) is 16.5. The van der Waals surface area contributed by atoms with Crippen LogP contribution in [-0.2, 0) is 6.42 Å². The van der Waals surface area contributed by atoms with Gasteiger partial charge in [0.05, 0.1) is 17.8 Å². The summed E-state index contributed by atoms with van der Waals surface area (Å²) in [6.45, 7) is 5.08. The number of ether oxygens (including phenoxy) is 1. The summed E-state index contributed by atoms with van der Waals surface area (Å²) in [5.41, 5.74) is 6.38. The van der Waals surface area contributed by atoms with Crippen LogP contribution in [0.1, 0.15) is 43.7 Å². The highest BCUT2D eigenvalue weighted by molar-refractivity contribution is 6.09. The Morgan fingerprint density at radius 1 is 1.00 bits per heavy atom. The second-order valence-electron chi connectivity index (χ2n) is 7.78. The highest BCUT2D eigenvalue weighted by Crippen LogP contribution is 2.42. The van der Waals surface area contributed by atoms with Crippen molar-refractivity contribution in [3.05, 3.63) is 71.8 Å². The van der Waals surface area contributed by atoms with Gasteiger partial charge >= 0.3 is 0 Å². The van der Waals surface area contributed by atoms with Gasteiger partial charge in [0.1, 0.15) is 5.75 Å². The van der Waals surface area contributed by atoms with E-state index in [4.69, 9.17) is 9.72 Å². The summed E-state index contributed by atoms with van der Waals surface area (Å²) < 4.78 is 5.62. The minimum Gasteiger partial charge on any atom is -0.494 e. The summed E-state index contributed by atoms with van der Waals surface area (Å²) in [6.07, 6.45) is 3.59. The van der Waals surface area contributed by atoms with Crippen molar-refractivity contribution in [3.8, 4) is 17.0 Å². The molecule has 0 bridgehead atoms. The Labute approximate surface area is 166 Å². The number of rotatable bonds is 3. The molecule has 0 radical (unpaired) electrons. The lowest BCUT2D eigenvalue weighted by atomic mass is 9.79. The summed E-state index contributed by atoms with van der Waals surface area (Å²) in [6, 6.07) is 21.5. The number of hydrogen-bond donors (Lipinski definition) is 0. The van der Waals surface area contributed by atoms with Crippen LogP contribution < -0.4 is 4.74 Å². The average molecular weight is 367 g/mol. The lowest BCUT2D eigenvalue weighted by Crippen LogP contribution is -2.11. The summed E-state index contributed by atoms with van der Waals surface area (Å²) >= 11 is 0. The van der Waals surface area contributed by atoms with E-state index < -0.39 is 0 Å². The van der Waals surface area contributed by atoms with Gasteiger partial charge in [-0.2, -0.15) is 0 Å². The molecule has 0 unspecified atom stereocenters. The maximum absolute atomic E-state index is 5.62. The fourth-order valence-corrected chi connectivity index (χ4v) is 4.74. The molecule has 1 atom stereocenters. The Kier molecular flexibility index (Phi) is 4.27. The van der Waals surface area contributed by atoms with Gasteiger partial charge in [-0.25, -0.2) is 4.98 Å². The second-order valence-corrected chi connectivity index (χ2v) is 7.78. The Morgan fingerprint density at radius 3 is 2.64 bits per heavy atom.